The van der Waals surface area contributed by atoms with Gasteiger partial charge in [-0.05, 0) is 18.9 Å². The van der Waals surface area contributed by atoms with Gasteiger partial charge in [-0.3, -0.25) is 19.7 Å². The van der Waals surface area contributed by atoms with E-state index in [9.17, 15) is 19.7 Å². The Labute approximate surface area is 130 Å². The predicted octanol–water partition coefficient (Wildman–Crippen LogP) is 2.29. The Hall–Kier alpha value is -1.86. The monoisotopic (exact) mass is 333 g/mol. The van der Waals surface area contributed by atoms with Crippen LogP contribution in [0.25, 0.3) is 0 Å². The van der Waals surface area contributed by atoms with E-state index >= 15 is 0 Å². The summed E-state index contributed by atoms with van der Waals surface area (Å²) in [7, 11) is 0. The Bertz CT molecular complexity index is 578. The van der Waals surface area contributed by atoms with Gasteiger partial charge in [0.25, 0.3) is 11.6 Å². The molecule has 0 aliphatic carbocycles. The summed E-state index contributed by atoms with van der Waals surface area (Å²) in [6.45, 7) is 0.320. The molecule has 0 atom stereocenters. The van der Waals surface area contributed by atoms with Crippen LogP contribution in [0.2, 0.25) is 10.0 Å². The third-order valence-corrected chi connectivity index (χ3v) is 3.40. The summed E-state index contributed by atoms with van der Waals surface area (Å²) in [6, 6.07) is 2.32. The van der Waals surface area contributed by atoms with E-state index in [1.807, 2.05) is 0 Å². The highest BCUT2D eigenvalue weighted by Gasteiger charge is 2.19. The van der Waals surface area contributed by atoms with Gasteiger partial charge >= 0.3 is 0 Å². The number of hydrogen-bond acceptors (Lipinski definition) is 4. The number of amides is 2. The highest BCUT2D eigenvalue weighted by Crippen LogP contribution is 2.32. The quantitative estimate of drug-likeness (QED) is 0.452. The van der Waals surface area contributed by atoms with Crippen LogP contribution in [0, 0.1) is 10.1 Å². The fourth-order valence-corrected chi connectivity index (χ4v) is 1.96. The summed E-state index contributed by atoms with van der Waals surface area (Å²) >= 11 is 11.4. The maximum Gasteiger partial charge on any atom is 0.290 e. The molecule has 3 N–H and O–H groups in total. The molecule has 114 valence electrons. The Morgan fingerprint density at radius 2 is 1.95 bits per heavy atom. The zero-order chi connectivity index (χ0) is 16.0. The van der Waals surface area contributed by atoms with Gasteiger partial charge in [0.15, 0.2) is 0 Å². The summed E-state index contributed by atoms with van der Waals surface area (Å²) in [6.07, 6.45) is 1.36. The van der Waals surface area contributed by atoms with Crippen LogP contribution in [-0.4, -0.2) is 23.3 Å². The Kier molecular flexibility index (Phi) is 6.39. The molecule has 21 heavy (non-hydrogen) atoms. The topological polar surface area (TPSA) is 115 Å². The molecule has 0 saturated heterocycles. The summed E-state index contributed by atoms with van der Waals surface area (Å²) in [5.74, 6) is -0.905. The number of halogens is 2. The maximum absolute atomic E-state index is 11.9. The normalized spacial score (nSPS) is 10.2. The molecule has 1 rings (SSSR count). The molecule has 0 radical (unpaired) electrons. The number of nitro groups is 1. The molecule has 2 amide bonds. The molecule has 9 heteroatoms. The first-order chi connectivity index (χ1) is 9.82. The van der Waals surface area contributed by atoms with Crippen LogP contribution >= 0.6 is 23.2 Å². The summed E-state index contributed by atoms with van der Waals surface area (Å²) in [4.78, 5) is 32.5. The average molecular weight is 334 g/mol. The fourth-order valence-electron chi connectivity index (χ4n) is 1.57. The van der Waals surface area contributed by atoms with Gasteiger partial charge in [0, 0.05) is 24.6 Å². The van der Waals surface area contributed by atoms with Crippen LogP contribution in [0.15, 0.2) is 12.1 Å². The van der Waals surface area contributed by atoms with Gasteiger partial charge in [0.05, 0.1) is 9.95 Å². The fraction of sp³-hybridized carbons (Fsp3) is 0.333. The first kappa shape index (κ1) is 17.2. The van der Waals surface area contributed by atoms with E-state index in [4.69, 9.17) is 28.9 Å². The number of carbonyl (C=O) groups is 2. The van der Waals surface area contributed by atoms with Crippen molar-refractivity contribution in [2.45, 2.75) is 19.3 Å². The predicted molar refractivity (Wildman–Crippen MR) is 78.5 cm³/mol. The molecule has 0 aromatic heterocycles. The molecule has 0 unspecified atom stereocenters. The number of nitro benzene ring substituents is 1. The average Bonchev–Trinajstić information content (AvgIpc) is 2.40. The highest BCUT2D eigenvalue weighted by atomic mass is 35.5. The molecule has 0 aliphatic rings. The van der Waals surface area contributed by atoms with Gasteiger partial charge < -0.3 is 11.1 Å². The third-order valence-electron chi connectivity index (χ3n) is 2.60. The Morgan fingerprint density at radius 3 is 2.52 bits per heavy atom. The van der Waals surface area contributed by atoms with Gasteiger partial charge in [-0.1, -0.05) is 23.2 Å². The smallest absolute Gasteiger partial charge is 0.290 e. The van der Waals surface area contributed by atoms with Crippen LogP contribution in [0.4, 0.5) is 5.69 Å². The number of unbranched alkanes of at least 4 members (excludes halogenated alkanes) is 1. The van der Waals surface area contributed by atoms with Gasteiger partial charge in [0.2, 0.25) is 5.91 Å². The van der Waals surface area contributed by atoms with Crippen molar-refractivity contribution >= 4 is 40.7 Å². The molecule has 1 aromatic rings. The minimum Gasteiger partial charge on any atom is -0.370 e. The SMILES string of the molecule is NC(=O)CCCCNC(=O)c1cc(Cl)c(Cl)c([N+](=O)[O-])c1. The first-order valence-electron chi connectivity index (χ1n) is 6.03. The van der Waals surface area contributed by atoms with Crippen molar-refractivity contribution in [3.05, 3.63) is 37.9 Å². The number of carbonyl (C=O) groups excluding carboxylic acids is 2. The number of nitrogens with two attached hydrogens (primary N) is 1. The lowest BCUT2D eigenvalue weighted by molar-refractivity contribution is -0.384. The Balaban J connectivity index is 2.66. The summed E-state index contributed by atoms with van der Waals surface area (Å²) in [5.41, 5.74) is 4.60. The van der Waals surface area contributed by atoms with E-state index in [0.29, 0.717) is 19.4 Å². The Morgan fingerprint density at radius 1 is 1.29 bits per heavy atom. The van der Waals surface area contributed by atoms with Crippen LogP contribution in [0.3, 0.4) is 0 Å². The molecule has 1 aromatic carbocycles. The molecule has 0 fully saturated rings. The lowest BCUT2D eigenvalue weighted by Crippen LogP contribution is -2.24. The van der Waals surface area contributed by atoms with Crippen LogP contribution in [0.1, 0.15) is 29.6 Å². The van der Waals surface area contributed by atoms with Crippen LogP contribution in [-0.2, 0) is 4.79 Å². The first-order valence-corrected chi connectivity index (χ1v) is 6.78. The van der Waals surface area contributed by atoms with E-state index in [1.54, 1.807) is 0 Å². The van der Waals surface area contributed by atoms with Crippen molar-refractivity contribution < 1.29 is 14.5 Å². The second-order valence-electron chi connectivity index (χ2n) is 4.23. The van der Waals surface area contributed by atoms with E-state index < -0.39 is 22.4 Å². The van der Waals surface area contributed by atoms with Gasteiger partial charge in [0.1, 0.15) is 5.02 Å². The number of benzene rings is 1. The third kappa shape index (κ3) is 5.20. The van der Waals surface area contributed by atoms with Gasteiger partial charge in [-0.2, -0.15) is 0 Å². The standard InChI is InChI=1S/C12H13Cl2N3O4/c13-8-5-7(6-9(11(8)14)17(20)21)12(19)16-4-2-1-3-10(15)18/h5-6H,1-4H2,(H2,15,18)(H,16,19). The zero-order valence-electron chi connectivity index (χ0n) is 10.9. The van der Waals surface area contributed by atoms with Gasteiger partial charge in [-0.15, -0.1) is 0 Å². The highest BCUT2D eigenvalue weighted by molar-refractivity contribution is 6.43. The van der Waals surface area contributed by atoms with Crippen molar-refractivity contribution in [3.63, 3.8) is 0 Å². The molecule has 7 nitrogen and oxygen atoms in total. The minimum atomic E-state index is -0.710. The molecule has 0 aliphatic heterocycles. The lowest BCUT2D eigenvalue weighted by atomic mass is 10.1. The largest absolute Gasteiger partial charge is 0.370 e. The second-order valence-corrected chi connectivity index (χ2v) is 5.01. The van der Waals surface area contributed by atoms with E-state index in [2.05, 4.69) is 5.32 Å². The van der Waals surface area contributed by atoms with Crippen LogP contribution in [0.5, 0.6) is 0 Å². The van der Waals surface area contributed by atoms with Crippen molar-refractivity contribution in [1.82, 2.24) is 5.32 Å². The number of nitrogens with zero attached hydrogens (tertiary/aromatic N) is 1. The number of hydrogen-bond donors (Lipinski definition) is 2. The second kappa shape index (κ2) is 7.80. The lowest BCUT2D eigenvalue weighted by Gasteiger charge is -2.06. The number of primary amides is 1. The molecule has 0 bridgehead atoms. The van der Waals surface area contributed by atoms with Gasteiger partial charge in [-0.25, -0.2) is 0 Å². The van der Waals surface area contributed by atoms with E-state index in [1.165, 1.54) is 6.07 Å². The number of rotatable bonds is 7. The van der Waals surface area contributed by atoms with E-state index in [-0.39, 0.29) is 22.0 Å². The molecule has 0 saturated carbocycles. The maximum atomic E-state index is 11.9. The molecule has 0 spiro atoms. The van der Waals surface area contributed by atoms with Crippen LogP contribution < -0.4 is 11.1 Å². The summed E-state index contributed by atoms with van der Waals surface area (Å²) in [5, 5.41) is 13.1. The number of nitrogens with one attached hydrogen (secondary N) is 1. The molecular weight excluding hydrogens is 321 g/mol. The zero-order valence-corrected chi connectivity index (χ0v) is 12.4. The van der Waals surface area contributed by atoms with Crippen molar-refractivity contribution in [2.75, 3.05) is 6.54 Å². The minimum absolute atomic E-state index is 0.0472. The van der Waals surface area contributed by atoms with E-state index in [0.717, 1.165) is 6.07 Å². The van der Waals surface area contributed by atoms with Crippen molar-refractivity contribution in [2.24, 2.45) is 5.73 Å². The molecular formula is C12H13Cl2N3O4. The molecule has 0 heterocycles. The van der Waals surface area contributed by atoms with Crippen molar-refractivity contribution in [3.8, 4) is 0 Å². The van der Waals surface area contributed by atoms with Crippen molar-refractivity contribution in [1.29, 1.82) is 0 Å². The summed E-state index contributed by atoms with van der Waals surface area (Å²) < 4.78 is 0.